The minimum absolute atomic E-state index is 0.00362. The van der Waals surface area contributed by atoms with Gasteiger partial charge in [-0.2, -0.15) is 0 Å². The van der Waals surface area contributed by atoms with E-state index in [1.807, 2.05) is 6.92 Å². The van der Waals surface area contributed by atoms with E-state index in [0.717, 1.165) is 25.8 Å². The average Bonchev–Trinajstić information content (AvgIpc) is 3.20. The van der Waals surface area contributed by atoms with Crippen LogP contribution in [0.15, 0.2) is 0 Å². The van der Waals surface area contributed by atoms with Crippen LogP contribution in [-0.2, 0) is 19.1 Å². The van der Waals surface area contributed by atoms with Crippen LogP contribution in [0.4, 0.5) is 0 Å². The van der Waals surface area contributed by atoms with E-state index < -0.39 is 0 Å². The molecule has 0 radical (unpaired) electrons. The first kappa shape index (κ1) is 18.0. The van der Waals surface area contributed by atoms with Crippen molar-refractivity contribution >= 4 is 11.9 Å². The summed E-state index contributed by atoms with van der Waals surface area (Å²) in [5.41, 5.74) is 0. The van der Waals surface area contributed by atoms with E-state index in [0.29, 0.717) is 35.8 Å². The van der Waals surface area contributed by atoms with Gasteiger partial charge in [-0.1, -0.05) is 27.2 Å². The number of nitrogens with zero attached hydrogens (tertiary/aromatic N) is 1. The third-order valence-corrected chi connectivity index (χ3v) is 8.61. The lowest BCUT2D eigenvalue weighted by molar-refractivity contribution is -0.148. The minimum atomic E-state index is -0.0294. The van der Waals surface area contributed by atoms with Crippen LogP contribution in [0.5, 0.6) is 0 Å². The standard InChI is InChI=1S/C22H33NO4/c1-4-13-14-7-5-6-8-23-16(17-9-11(2)21(24)26-17)10-15(19(14)23)18-12(3)22(25)27-20(13)18/h11-20H,4-10H2,1-3H3/t11-,12-,13+,14+,15+,16+,17+,18+,19+,20-/m0/s1. The SMILES string of the molecule is CC[C@@H]1[C@H]2CCCCN3[C@H]2[C@H](C[C@@H]3[C@H]2C[C@H](C)C(=O)O2)[C@@H]2[C@H]1OC(=O)[C@H]2C. The van der Waals surface area contributed by atoms with Gasteiger partial charge in [-0.25, -0.2) is 0 Å². The summed E-state index contributed by atoms with van der Waals surface area (Å²) < 4.78 is 11.8. The molecule has 0 aromatic rings. The van der Waals surface area contributed by atoms with Crippen molar-refractivity contribution in [1.82, 2.24) is 4.90 Å². The minimum Gasteiger partial charge on any atom is -0.462 e. The van der Waals surface area contributed by atoms with Crippen LogP contribution in [0.3, 0.4) is 0 Å². The Morgan fingerprint density at radius 1 is 1.04 bits per heavy atom. The second-order valence-electron chi connectivity index (χ2n) is 9.81. The molecule has 0 aromatic heterocycles. The van der Waals surface area contributed by atoms with Crippen LogP contribution in [0.2, 0.25) is 0 Å². The molecule has 5 nitrogen and oxygen atoms in total. The highest BCUT2D eigenvalue weighted by Crippen LogP contribution is 2.57. The maximum absolute atomic E-state index is 12.5. The van der Waals surface area contributed by atoms with Crippen molar-refractivity contribution < 1.29 is 19.1 Å². The molecule has 0 N–H and O–H groups in total. The fraction of sp³-hybridized carbons (Fsp3) is 0.909. The Bertz CT molecular complexity index is 636. The molecule has 0 unspecified atom stereocenters. The van der Waals surface area contributed by atoms with Crippen LogP contribution in [-0.4, -0.2) is 47.7 Å². The molecule has 5 rings (SSSR count). The molecule has 4 aliphatic heterocycles. The Kier molecular flexibility index (Phi) is 4.30. The predicted octanol–water partition coefficient (Wildman–Crippen LogP) is 3.01. The van der Waals surface area contributed by atoms with Crippen molar-refractivity contribution in [2.75, 3.05) is 6.54 Å². The first-order valence-corrected chi connectivity index (χ1v) is 11.2. The molecule has 0 aromatic carbocycles. The highest BCUT2D eigenvalue weighted by atomic mass is 16.6. The van der Waals surface area contributed by atoms with Gasteiger partial charge < -0.3 is 9.47 Å². The first-order valence-electron chi connectivity index (χ1n) is 11.2. The lowest BCUT2D eigenvalue weighted by atomic mass is 9.60. The highest BCUT2D eigenvalue weighted by Gasteiger charge is 2.63. The molecule has 5 heteroatoms. The Morgan fingerprint density at radius 3 is 2.56 bits per heavy atom. The Hall–Kier alpha value is -1.10. The summed E-state index contributed by atoms with van der Waals surface area (Å²) in [4.78, 5) is 27.3. The van der Waals surface area contributed by atoms with Gasteiger partial charge in [0.1, 0.15) is 12.2 Å². The van der Waals surface area contributed by atoms with Gasteiger partial charge in [0.05, 0.1) is 11.8 Å². The highest BCUT2D eigenvalue weighted by molar-refractivity contribution is 5.75. The lowest BCUT2D eigenvalue weighted by Crippen LogP contribution is -2.54. The molecule has 0 bridgehead atoms. The zero-order valence-corrected chi connectivity index (χ0v) is 16.8. The molecule has 5 aliphatic rings. The summed E-state index contributed by atoms with van der Waals surface area (Å²) in [6, 6.07) is 0.865. The normalized spacial score (nSPS) is 52.1. The number of hydrogen-bond donors (Lipinski definition) is 0. The van der Waals surface area contributed by atoms with Crippen LogP contribution in [0.25, 0.3) is 0 Å². The number of fused-ring (bicyclic) bond motifs is 2. The molecular formula is C22H33NO4. The van der Waals surface area contributed by atoms with E-state index in [2.05, 4.69) is 18.7 Å². The first-order chi connectivity index (χ1) is 13.0. The van der Waals surface area contributed by atoms with Gasteiger partial charge in [0.2, 0.25) is 0 Å². The molecule has 0 spiro atoms. The molecule has 150 valence electrons. The number of carbonyl (C=O) groups is 2. The van der Waals surface area contributed by atoms with Crippen molar-refractivity contribution in [3.63, 3.8) is 0 Å². The maximum Gasteiger partial charge on any atom is 0.309 e. The van der Waals surface area contributed by atoms with E-state index >= 15 is 0 Å². The van der Waals surface area contributed by atoms with Gasteiger partial charge in [0, 0.05) is 23.9 Å². The fourth-order valence-corrected chi connectivity index (χ4v) is 7.48. The molecule has 4 saturated heterocycles. The van der Waals surface area contributed by atoms with Gasteiger partial charge in [0.25, 0.3) is 0 Å². The number of cyclic esters (lactones) is 1. The van der Waals surface area contributed by atoms with Crippen LogP contribution in [0.1, 0.15) is 59.3 Å². The second kappa shape index (κ2) is 6.47. The smallest absolute Gasteiger partial charge is 0.309 e. The third-order valence-electron chi connectivity index (χ3n) is 8.61. The van der Waals surface area contributed by atoms with Crippen molar-refractivity contribution in [2.45, 2.75) is 83.6 Å². The second-order valence-corrected chi connectivity index (χ2v) is 9.81. The monoisotopic (exact) mass is 375 g/mol. The zero-order chi connectivity index (χ0) is 18.9. The molecule has 5 fully saturated rings. The number of ether oxygens (including phenoxy) is 2. The number of rotatable bonds is 2. The van der Waals surface area contributed by atoms with Crippen LogP contribution < -0.4 is 0 Å². The van der Waals surface area contributed by atoms with E-state index in [1.165, 1.54) is 19.3 Å². The molecule has 10 atom stereocenters. The average molecular weight is 376 g/mol. The van der Waals surface area contributed by atoms with Gasteiger partial charge in [0.15, 0.2) is 0 Å². The third kappa shape index (κ3) is 2.53. The van der Waals surface area contributed by atoms with Gasteiger partial charge in [-0.3, -0.25) is 14.5 Å². The van der Waals surface area contributed by atoms with Crippen LogP contribution in [0, 0.1) is 35.5 Å². The molecular weight excluding hydrogens is 342 g/mol. The maximum atomic E-state index is 12.5. The van der Waals surface area contributed by atoms with Crippen molar-refractivity contribution in [3.05, 3.63) is 0 Å². The number of hydrogen-bond acceptors (Lipinski definition) is 5. The predicted molar refractivity (Wildman–Crippen MR) is 99.7 cm³/mol. The molecule has 27 heavy (non-hydrogen) atoms. The van der Waals surface area contributed by atoms with Gasteiger partial charge >= 0.3 is 11.9 Å². The van der Waals surface area contributed by atoms with E-state index in [9.17, 15) is 9.59 Å². The lowest BCUT2D eigenvalue weighted by Gasteiger charge is -2.48. The fourth-order valence-electron chi connectivity index (χ4n) is 7.48. The molecule has 4 heterocycles. The zero-order valence-electron chi connectivity index (χ0n) is 16.8. The summed E-state index contributed by atoms with van der Waals surface area (Å²) in [6.07, 6.45) is 6.87. The largest absolute Gasteiger partial charge is 0.462 e. The summed E-state index contributed by atoms with van der Waals surface area (Å²) in [5.74, 6) is 1.94. The van der Waals surface area contributed by atoms with Crippen molar-refractivity contribution in [1.29, 1.82) is 0 Å². The number of esters is 2. The number of carbonyl (C=O) groups excluding carboxylic acids is 2. The molecule has 0 amide bonds. The van der Waals surface area contributed by atoms with Crippen molar-refractivity contribution in [2.24, 2.45) is 35.5 Å². The van der Waals surface area contributed by atoms with Crippen molar-refractivity contribution in [3.8, 4) is 0 Å². The Labute approximate surface area is 162 Å². The Balaban J connectivity index is 1.51. The summed E-state index contributed by atoms with van der Waals surface area (Å²) in [5, 5.41) is 0. The van der Waals surface area contributed by atoms with Gasteiger partial charge in [-0.05, 0) is 50.5 Å². The summed E-state index contributed by atoms with van der Waals surface area (Å²) in [6.45, 7) is 7.44. The molecule has 1 aliphatic carbocycles. The quantitative estimate of drug-likeness (QED) is 0.695. The van der Waals surface area contributed by atoms with E-state index in [4.69, 9.17) is 9.47 Å². The van der Waals surface area contributed by atoms with Gasteiger partial charge in [-0.15, -0.1) is 0 Å². The topological polar surface area (TPSA) is 55.8 Å². The Morgan fingerprint density at radius 2 is 1.85 bits per heavy atom. The van der Waals surface area contributed by atoms with Crippen LogP contribution >= 0.6 is 0 Å². The van der Waals surface area contributed by atoms with E-state index in [1.54, 1.807) is 0 Å². The summed E-state index contributed by atoms with van der Waals surface area (Å²) >= 11 is 0. The molecule has 1 saturated carbocycles. The van der Waals surface area contributed by atoms with E-state index in [-0.39, 0.29) is 36.0 Å². The summed E-state index contributed by atoms with van der Waals surface area (Å²) in [7, 11) is 0.